The van der Waals surface area contributed by atoms with Crippen LogP contribution in [-0.4, -0.2) is 26.3 Å². The van der Waals surface area contributed by atoms with Crippen molar-refractivity contribution in [2.24, 2.45) is 0 Å². The number of sulfonamides is 1. The highest BCUT2D eigenvalue weighted by molar-refractivity contribution is 9.11. The zero-order valence-corrected chi connectivity index (χ0v) is 18.6. The van der Waals surface area contributed by atoms with Crippen LogP contribution in [0.1, 0.15) is 20.8 Å². The Bertz CT molecular complexity index is 1080. The van der Waals surface area contributed by atoms with E-state index in [1.165, 1.54) is 24.3 Å². The highest BCUT2D eigenvalue weighted by Gasteiger charge is 2.17. The first-order valence-electron chi connectivity index (χ1n) is 8.44. The molecule has 8 heteroatoms. The maximum absolute atomic E-state index is 12.6. The second kappa shape index (κ2) is 8.46. The quantitative estimate of drug-likeness (QED) is 0.548. The molecule has 1 aromatic heterocycles. The Morgan fingerprint density at radius 1 is 1.04 bits per heavy atom. The monoisotopic (exact) mass is 478 g/mol. The highest BCUT2D eigenvalue weighted by atomic mass is 79.9. The van der Waals surface area contributed by atoms with E-state index < -0.39 is 10.0 Å². The number of carbonyl (C=O) groups is 1. The van der Waals surface area contributed by atoms with E-state index in [2.05, 4.69) is 20.7 Å². The van der Waals surface area contributed by atoms with Crippen LogP contribution >= 0.6 is 27.3 Å². The third-order valence-electron chi connectivity index (χ3n) is 4.08. The Morgan fingerprint density at radius 3 is 2.25 bits per heavy atom. The van der Waals surface area contributed by atoms with Gasteiger partial charge in [0.05, 0.1) is 15.2 Å². The number of carbonyl (C=O) groups excluding carboxylic acids is 1. The second-order valence-corrected chi connectivity index (χ2v) is 10.6. The Labute approximate surface area is 177 Å². The molecule has 0 aliphatic carbocycles. The van der Waals surface area contributed by atoms with Crippen LogP contribution in [0.4, 0.5) is 5.69 Å². The van der Waals surface area contributed by atoms with Crippen LogP contribution in [0.25, 0.3) is 0 Å². The average Bonchev–Trinajstić information content (AvgIpc) is 3.07. The number of thiophene rings is 1. The van der Waals surface area contributed by atoms with Gasteiger partial charge in [0.15, 0.2) is 0 Å². The van der Waals surface area contributed by atoms with Crippen LogP contribution in [0.5, 0.6) is 0 Å². The fourth-order valence-electron chi connectivity index (χ4n) is 2.58. The van der Waals surface area contributed by atoms with Gasteiger partial charge in [-0.1, -0.05) is 17.7 Å². The number of nitrogens with one attached hydrogen (secondary N) is 1. The minimum Gasteiger partial charge on any atom is -0.337 e. The molecule has 1 amide bonds. The van der Waals surface area contributed by atoms with Gasteiger partial charge in [0.1, 0.15) is 0 Å². The van der Waals surface area contributed by atoms with E-state index >= 15 is 0 Å². The van der Waals surface area contributed by atoms with E-state index in [0.717, 1.165) is 14.2 Å². The van der Waals surface area contributed by atoms with Gasteiger partial charge in [-0.05, 0) is 71.4 Å². The fraction of sp³-hybridized carbons (Fsp3) is 0.150. The van der Waals surface area contributed by atoms with Crippen molar-refractivity contribution in [3.05, 3.63) is 80.5 Å². The topological polar surface area (TPSA) is 66.5 Å². The lowest BCUT2D eigenvalue weighted by molar-refractivity contribution is 0.0786. The smallest absolute Gasteiger partial charge is 0.261 e. The van der Waals surface area contributed by atoms with Crippen molar-refractivity contribution in [3.63, 3.8) is 0 Å². The third kappa shape index (κ3) is 5.01. The lowest BCUT2D eigenvalue weighted by Gasteiger charge is -2.16. The highest BCUT2D eigenvalue weighted by Crippen LogP contribution is 2.24. The summed E-state index contributed by atoms with van der Waals surface area (Å²) in [5.41, 5.74) is 1.98. The van der Waals surface area contributed by atoms with E-state index in [4.69, 9.17) is 0 Å². The number of amides is 1. The van der Waals surface area contributed by atoms with Crippen molar-refractivity contribution in [1.82, 2.24) is 4.90 Å². The van der Waals surface area contributed by atoms with Gasteiger partial charge >= 0.3 is 0 Å². The van der Waals surface area contributed by atoms with Crippen molar-refractivity contribution >= 4 is 48.9 Å². The minimum atomic E-state index is -3.71. The van der Waals surface area contributed by atoms with Gasteiger partial charge < -0.3 is 4.90 Å². The summed E-state index contributed by atoms with van der Waals surface area (Å²) in [5.74, 6) is -0.167. The van der Waals surface area contributed by atoms with E-state index in [1.54, 1.807) is 35.4 Å². The largest absolute Gasteiger partial charge is 0.337 e. The lowest BCUT2D eigenvalue weighted by atomic mass is 10.2. The normalized spacial score (nSPS) is 11.2. The molecule has 0 bridgehead atoms. The molecule has 3 aromatic rings. The molecule has 0 saturated carbocycles. The molecule has 146 valence electrons. The molecule has 1 N–H and O–H groups in total. The van der Waals surface area contributed by atoms with Gasteiger partial charge in [-0.15, -0.1) is 11.3 Å². The zero-order chi connectivity index (χ0) is 20.3. The summed E-state index contributed by atoms with van der Waals surface area (Å²) in [4.78, 5) is 15.4. The van der Waals surface area contributed by atoms with Crippen LogP contribution in [0.3, 0.4) is 0 Å². The van der Waals surface area contributed by atoms with Crippen LogP contribution in [0.2, 0.25) is 0 Å². The average molecular weight is 479 g/mol. The number of anilines is 1. The summed E-state index contributed by atoms with van der Waals surface area (Å²) < 4.78 is 28.6. The van der Waals surface area contributed by atoms with E-state index in [0.29, 0.717) is 17.8 Å². The molecule has 0 fully saturated rings. The first-order valence-corrected chi connectivity index (χ1v) is 11.5. The molecular formula is C20H19BrN2O3S2. The summed E-state index contributed by atoms with van der Waals surface area (Å²) >= 11 is 4.98. The standard InChI is InChI=1S/C20H19BrN2O3S2/c1-14-3-7-16(8-4-14)22-28(25,26)18-10-5-15(6-11-18)20(24)23(2)13-17-9-12-19(21)27-17/h3-12,22H,13H2,1-2H3. The Kier molecular flexibility index (Phi) is 6.22. The molecule has 0 spiro atoms. The number of hydrogen-bond donors (Lipinski definition) is 1. The van der Waals surface area contributed by atoms with Crippen molar-refractivity contribution in [2.75, 3.05) is 11.8 Å². The predicted molar refractivity (Wildman–Crippen MR) is 116 cm³/mol. The zero-order valence-electron chi connectivity index (χ0n) is 15.3. The Morgan fingerprint density at radius 2 is 1.68 bits per heavy atom. The summed E-state index contributed by atoms with van der Waals surface area (Å²) in [5, 5.41) is 0. The maximum Gasteiger partial charge on any atom is 0.261 e. The molecule has 28 heavy (non-hydrogen) atoms. The molecule has 0 atom stereocenters. The molecule has 1 heterocycles. The van der Waals surface area contributed by atoms with Gasteiger partial charge in [0, 0.05) is 23.2 Å². The molecule has 5 nitrogen and oxygen atoms in total. The number of halogens is 1. The molecular weight excluding hydrogens is 460 g/mol. The third-order valence-corrected chi connectivity index (χ3v) is 7.09. The number of rotatable bonds is 6. The van der Waals surface area contributed by atoms with E-state index in [1.807, 2.05) is 31.2 Å². The van der Waals surface area contributed by atoms with Gasteiger partial charge in [-0.3, -0.25) is 9.52 Å². The fourth-order valence-corrected chi connectivity index (χ4v) is 5.17. The van der Waals surface area contributed by atoms with Crippen LogP contribution < -0.4 is 4.72 Å². The molecule has 0 unspecified atom stereocenters. The number of aryl methyl sites for hydroxylation is 1. The molecule has 0 aliphatic rings. The molecule has 0 radical (unpaired) electrons. The Balaban J connectivity index is 1.71. The molecule has 0 saturated heterocycles. The van der Waals surface area contributed by atoms with Crippen LogP contribution in [0.15, 0.2) is 69.3 Å². The number of nitrogens with zero attached hydrogens (tertiary/aromatic N) is 1. The van der Waals surface area contributed by atoms with Gasteiger partial charge in [0.25, 0.3) is 15.9 Å². The minimum absolute atomic E-state index is 0.106. The Hall–Kier alpha value is -2.16. The first-order chi connectivity index (χ1) is 13.2. The molecule has 3 rings (SSSR count). The van der Waals surface area contributed by atoms with Crippen molar-refractivity contribution in [3.8, 4) is 0 Å². The number of hydrogen-bond acceptors (Lipinski definition) is 4. The second-order valence-electron chi connectivity index (χ2n) is 6.36. The maximum atomic E-state index is 12.6. The lowest BCUT2D eigenvalue weighted by Crippen LogP contribution is -2.25. The van der Waals surface area contributed by atoms with Crippen LogP contribution in [0, 0.1) is 6.92 Å². The van der Waals surface area contributed by atoms with Crippen molar-refractivity contribution < 1.29 is 13.2 Å². The van der Waals surface area contributed by atoms with Gasteiger partial charge in [-0.25, -0.2) is 8.42 Å². The predicted octanol–water partition coefficient (Wildman–Crippen LogP) is 4.89. The molecule has 0 aliphatic heterocycles. The summed E-state index contributed by atoms with van der Waals surface area (Å²) in [6.07, 6.45) is 0. The van der Waals surface area contributed by atoms with Gasteiger partial charge in [0.2, 0.25) is 0 Å². The van der Waals surface area contributed by atoms with Crippen molar-refractivity contribution in [1.29, 1.82) is 0 Å². The summed E-state index contributed by atoms with van der Waals surface area (Å²) in [7, 11) is -1.99. The number of benzene rings is 2. The first kappa shape index (κ1) is 20.6. The molecule has 2 aromatic carbocycles. The van der Waals surface area contributed by atoms with E-state index in [9.17, 15) is 13.2 Å². The SMILES string of the molecule is Cc1ccc(NS(=O)(=O)c2ccc(C(=O)N(C)Cc3ccc(Br)s3)cc2)cc1. The summed E-state index contributed by atoms with van der Waals surface area (Å²) in [6, 6.07) is 17.0. The summed E-state index contributed by atoms with van der Waals surface area (Å²) in [6.45, 7) is 2.42. The van der Waals surface area contributed by atoms with Crippen molar-refractivity contribution in [2.45, 2.75) is 18.4 Å². The van der Waals surface area contributed by atoms with E-state index in [-0.39, 0.29) is 10.8 Å². The van der Waals surface area contributed by atoms with Crippen LogP contribution in [-0.2, 0) is 16.6 Å². The van der Waals surface area contributed by atoms with Gasteiger partial charge in [-0.2, -0.15) is 0 Å².